The Labute approximate surface area is 154 Å². The molecular formula is C17H19ClF3N3O2. The number of rotatable bonds is 4. The monoisotopic (exact) mass is 389 g/mol. The van der Waals surface area contributed by atoms with Gasteiger partial charge in [-0.15, -0.1) is 12.4 Å². The molecule has 1 aromatic heterocycles. The fourth-order valence-electron chi connectivity index (χ4n) is 2.89. The zero-order valence-electron chi connectivity index (χ0n) is 14.0. The van der Waals surface area contributed by atoms with E-state index in [0.29, 0.717) is 17.7 Å². The van der Waals surface area contributed by atoms with Gasteiger partial charge in [-0.1, -0.05) is 12.1 Å². The Kier molecular flexibility index (Phi) is 6.30. The van der Waals surface area contributed by atoms with Crippen LogP contribution in [0.25, 0.3) is 0 Å². The van der Waals surface area contributed by atoms with Gasteiger partial charge in [-0.05, 0) is 37.1 Å². The Morgan fingerprint density at radius 2 is 2.00 bits per heavy atom. The van der Waals surface area contributed by atoms with E-state index in [9.17, 15) is 18.0 Å². The third kappa shape index (κ3) is 4.37. The lowest BCUT2D eigenvalue weighted by Gasteiger charge is -2.16. The molecule has 1 N–H and O–H groups in total. The van der Waals surface area contributed by atoms with Crippen molar-refractivity contribution in [1.82, 2.24) is 14.9 Å². The van der Waals surface area contributed by atoms with Crippen molar-refractivity contribution in [3.05, 3.63) is 57.8 Å². The van der Waals surface area contributed by atoms with Gasteiger partial charge in [0.2, 0.25) is 5.69 Å². The second-order valence-electron chi connectivity index (χ2n) is 5.94. The van der Waals surface area contributed by atoms with Crippen molar-refractivity contribution in [2.24, 2.45) is 0 Å². The van der Waals surface area contributed by atoms with Crippen LogP contribution in [-0.4, -0.2) is 23.2 Å². The molecule has 0 radical (unpaired) electrons. The summed E-state index contributed by atoms with van der Waals surface area (Å²) in [5, 5.41) is 3.12. The van der Waals surface area contributed by atoms with Gasteiger partial charge in [-0.25, -0.2) is 4.98 Å². The van der Waals surface area contributed by atoms with Crippen molar-refractivity contribution in [3.63, 3.8) is 0 Å². The number of nitrogens with zero attached hydrogens (tertiary/aromatic N) is 2. The highest BCUT2D eigenvalue weighted by molar-refractivity contribution is 5.85. The van der Waals surface area contributed by atoms with E-state index in [-0.39, 0.29) is 30.7 Å². The lowest BCUT2D eigenvalue weighted by atomic mass is 10.1. The molecule has 142 valence electrons. The molecule has 5 nitrogen and oxygen atoms in total. The van der Waals surface area contributed by atoms with Crippen LogP contribution >= 0.6 is 12.4 Å². The minimum absolute atomic E-state index is 0. The third-order valence-corrected chi connectivity index (χ3v) is 4.19. The number of hydrogen-bond donors (Lipinski definition) is 1. The van der Waals surface area contributed by atoms with Crippen molar-refractivity contribution >= 4 is 12.4 Å². The Morgan fingerprint density at radius 1 is 1.31 bits per heavy atom. The zero-order chi connectivity index (χ0) is 18.0. The van der Waals surface area contributed by atoms with Crippen LogP contribution < -0.4 is 15.6 Å². The highest BCUT2D eigenvalue weighted by Gasteiger charge is 2.38. The van der Waals surface area contributed by atoms with E-state index in [1.807, 2.05) is 0 Å². The summed E-state index contributed by atoms with van der Waals surface area (Å²) >= 11 is 0. The summed E-state index contributed by atoms with van der Waals surface area (Å²) < 4.78 is 45.8. The maximum Gasteiger partial charge on any atom is 0.438 e. The van der Waals surface area contributed by atoms with Gasteiger partial charge < -0.3 is 14.6 Å². The Bertz CT molecular complexity index is 800. The minimum Gasteiger partial charge on any atom is -0.497 e. The first-order valence-electron chi connectivity index (χ1n) is 7.93. The summed E-state index contributed by atoms with van der Waals surface area (Å²) in [6, 6.07) is 6.57. The number of halogens is 4. The van der Waals surface area contributed by atoms with Crippen LogP contribution in [0.3, 0.4) is 0 Å². The van der Waals surface area contributed by atoms with Crippen molar-refractivity contribution < 1.29 is 17.9 Å². The maximum atomic E-state index is 13.2. The standard InChI is InChI=1S/C17H18F3N3O2.ClH/c1-25-12-6-4-11(5-7-12)9-23-10-14(13-3-2-8-21-13)22-15(16(23)24)17(18,19)20;/h4-7,10,13,21H,2-3,8-9H2,1H3;1H. The fourth-order valence-corrected chi connectivity index (χ4v) is 2.89. The van der Waals surface area contributed by atoms with Crippen LogP contribution in [0, 0.1) is 0 Å². The van der Waals surface area contributed by atoms with Crippen LogP contribution in [0.2, 0.25) is 0 Å². The molecular weight excluding hydrogens is 371 g/mol. The Morgan fingerprint density at radius 3 is 2.54 bits per heavy atom. The van der Waals surface area contributed by atoms with Gasteiger partial charge in [0.25, 0.3) is 5.56 Å². The molecule has 1 aliphatic rings. The van der Waals surface area contributed by atoms with Crippen molar-refractivity contribution in [1.29, 1.82) is 0 Å². The highest BCUT2D eigenvalue weighted by Crippen LogP contribution is 2.28. The second kappa shape index (κ2) is 8.09. The van der Waals surface area contributed by atoms with E-state index in [2.05, 4.69) is 10.3 Å². The second-order valence-corrected chi connectivity index (χ2v) is 5.94. The topological polar surface area (TPSA) is 56.1 Å². The molecule has 0 spiro atoms. The van der Waals surface area contributed by atoms with Gasteiger partial charge in [0.1, 0.15) is 5.75 Å². The van der Waals surface area contributed by atoms with Gasteiger partial charge in [0.15, 0.2) is 0 Å². The lowest BCUT2D eigenvalue weighted by molar-refractivity contribution is -0.142. The molecule has 3 rings (SSSR count). The molecule has 26 heavy (non-hydrogen) atoms. The molecule has 1 unspecified atom stereocenters. The number of benzene rings is 1. The maximum absolute atomic E-state index is 13.2. The molecule has 0 saturated carbocycles. The first-order valence-corrected chi connectivity index (χ1v) is 7.93. The van der Waals surface area contributed by atoms with E-state index in [1.54, 1.807) is 24.3 Å². The van der Waals surface area contributed by atoms with Gasteiger partial charge in [0.05, 0.1) is 25.4 Å². The summed E-state index contributed by atoms with van der Waals surface area (Å²) in [4.78, 5) is 15.9. The van der Waals surface area contributed by atoms with E-state index in [0.717, 1.165) is 17.5 Å². The molecule has 1 fully saturated rings. The summed E-state index contributed by atoms with van der Waals surface area (Å²) in [5.41, 5.74) is -1.55. The summed E-state index contributed by atoms with van der Waals surface area (Å²) in [6.07, 6.45) is -1.80. The first kappa shape index (κ1) is 20.3. The van der Waals surface area contributed by atoms with Gasteiger partial charge in [-0.3, -0.25) is 4.79 Å². The predicted molar refractivity (Wildman–Crippen MR) is 92.8 cm³/mol. The number of nitrogens with one attached hydrogen (secondary N) is 1. The molecule has 1 aromatic carbocycles. The van der Waals surface area contributed by atoms with E-state index < -0.39 is 17.4 Å². The minimum atomic E-state index is -4.78. The number of alkyl halides is 3. The molecule has 0 amide bonds. The highest BCUT2D eigenvalue weighted by atomic mass is 35.5. The number of methoxy groups -OCH3 is 1. The molecule has 9 heteroatoms. The molecule has 1 aliphatic heterocycles. The summed E-state index contributed by atoms with van der Waals surface area (Å²) in [6.45, 7) is 0.763. The Balaban J connectivity index is 0.00000243. The number of aromatic nitrogens is 2. The summed E-state index contributed by atoms with van der Waals surface area (Å²) in [7, 11) is 1.53. The average molecular weight is 390 g/mol. The molecule has 0 aliphatic carbocycles. The van der Waals surface area contributed by atoms with Gasteiger partial charge in [0, 0.05) is 6.20 Å². The predicted octanol–water partition coefficient (Wildman–Crippen LogP) is 3.17. The molecule has 2 aromatic rings. The molecule has 2 heterocycles. The van der Waals surface area contributed by atoms with E-state index >= 15 is 0 Å². The fraction of sp³-hybridized carbons (Fsp3) is 0.412. The summed E-state index contributed by atoms with van der Waals surface area (Å²) in [5.74, 6) is 0.637. The number of hydrogen-bond acceptors (Lipinski definition) is 4. The largest absolute Gasteiger partial charge is 0.497 e. The van der Waals surface area contributed by atoms with E-state index in [1.165, 1.54) is 13.3 Å². The zero-order valence-corrected chi connectivity index (χ0v) is 14.9. The third-order valence-electron chi connectivity index (χ3n) is 4.19. The van der Waals surface area contributed by atoms with Gasteiger partial charge in [-0.2, -0.15) is 13.2 Å². The lowest BCUT2D eigenvalue weighted by Crippen LogP contribution is -2.32. The van der Waals surface area contributed by atoms with Crippen LogP contribution in [-0.2, 0) is 12.7 Å². The molecule has 1 atom stereocenters. The van der Waals surface area contributed by atoms with Crippen molar-refractivity contribution in [2.75, 3.05) is 13.7 Å². The van der Waals surface area contributed by atoms with E-state index in [4.69, 9.17) is 4.74 Å². The smallest absolute Gasteiger partial charge is 0.438 e. The normalized spacial score (nSPS) is 17.0. The molecule has 0 bridgehead atoms. The molecule has 1 saturated heterocycles. The van der Waals surface area contributed by atoms with Gasteiger partial charge >= 0.3 is 6.18 Å². The van der Waals surface area contributed by atoms with Crippen LogP contribution in [0.4, 0.5) is 13.2 Å². The van der Waals surface area contributed by atoms with Crippen LogP contribution in [0.15, 0.2) is 35.3 Å². The van der Waals surface area contributed by atoms with Crippen LogP contribution in [0.1, 0.15) is 35.8 Å². The van der Waals surface area contributed by atoms with Crippen LogP contribution in [0.5, 0.6) is 5.75 Å². The first-order chi connectivity index (χ1) is 11.9. The quantitative estimate of drug-likeness (QED) is 0.872. The average Bonchev–Trinajstić information content (AvgIpc) is 3.11. The van der Waals surface area contributed by atoms with Crippen molar-refractivity contribution in [3.8, 4) is 5.75 Å². The SMILES string of the molecule is COc1ccc(Cn2cc(C3CCCN3)nc(C(F)(F)F)c2=O)cc1.Cl. The number of ether oxygens (including phenoxy) is 1. The van der Waals surface area contributed by atoms with Crippen molar-refractivity contribution in [2.45, 2.75) is 31.6 Å². The Hall–Kier alpha value is -2.06.